The lowest BCUT2D eigenvalue weighted by Gasteiger charge is -1.94. The summed E-state index contributed by atoms with van der Waals surface area (Å²) in [4.78, 5) is 15.9. The van der Waals surface area contributed by atoms with Gasteiger partial charge in [0.2, 0.25) is 0 Å². The SMILES string of the molecule is O=C1NCC=Cc2ncsc21. The number of aromatic nitrogens is 1. The predicted octanol–water partition coefficient (Wildman–Crippen LogP) is 0.900. The number of nitrogens with zero attached hydrogens (tertiary/aromatic N) is 1. The van der Waals surface area contributed by atoms with E-state index >= 15 is 0 Å². The summed E-state index contributed by atoms with van der Waals surface area (Å²) in [5.41, 5.74) is 2.46. The van der Waals surface area contributed by atoms with Crippen LogP contribution in [-0.4, -0.2) is 17.4 Å². The summed E-state index contributed by atoms with van der Waals surface area (Å²) in [7, 11) is 0. The zero-order chi connectivity index (χ0) is 7.68. The molecule has 0 radical (unpaired) electrons. The van der Waals surface area contributed by atoms with E-state index < -0.39 is 0 Å². The van der Waals surface area contributed by atoms with E-state index in [9.17, 15) is 4.79 Å². The van der Waals surface area contributed by atoms with Gasteiger partial charge in [0, 0.05) is 6.54 Å². The average Bonchev–Trinajstić information content (AvgIpc) is 2.40. The third-order valence-electron chi connectivity index (χ3n) is 1.46. The number of hydrogen-bond donors (Lipinski definition) is 1. The normalized spacial score (nSPS) is 15.5. The fourth-order valence-corrected chi connectivity index (χ4v) is 1.64. The molecule has 11 heavy (non-hydrogen) atoms. The van der Waals surface area contributed by atoms with E-state index in [2.05, 4.69) is 10.3 Å². The van der Waals surface area contributed by atoms with Crippen LogP contribution in [0.1, 0.15) is 15.4 Å². The molecule has 0 aliphatic carbocycles. The second-order valence-electron chi connectivity index (χ2n) is 2.18. The first-order valence-corrected chi connectivity index (χ1v) is 4.14. The summed E-state index contributed by atoms with van der Waals surface area (Å²) in [5, 5.41) is 2.73. The Kier molecular flexibility index (Phi) is 1.47. The highest BCUT2D eigenvalue weighted by molar-refractivity contribution is 7.12. The number of carbonyl (C=O) groups excluding carboxylic acids is 1. The molecule has 1 aliphatic rings. The molecule has 2 rings (SSSR count). The molecule has 4 heteroatoms. The van der Waals surface area contributed by atoms with E-state index in [-0.39, 0.29) is 5.91 Å². The van der Waals surface area contributed by atoms with Gasteiger partial charge in [-0.2, -0.15) is 0 Å². The maximum atomic E-state index is 11.2. The standard InChI is InChI=1S/C7H6N2OS/c10-7-6-5(9-4-11-6)2-1-3-8-7/h1-2,4H,3H2,(H,8,10). The molecule has 0 aromatic carbocycles. The van der Waals surface area contributed by atoms with Crippen molar-refractivity contribution in [3.63, 3.8) is 0 Å². The average molecular weight is 166 g/mol. The topological polar surface area (TPSA) is 42.0 Å². The minimum absolute atomic E-state index is 0.0208. The molecule has 56 valence electrons. The zero-order valence-electron chi connectivity index (χ0n) is 5.70. The van der Waals surface area contributed by atoms with E-state index in [4.69, 9.17) is 0 Å². The van der Waals surface area contributed by atoms with E-state index in [0.717, 1.165) is 5.69 Å². The maximum absolute atomic E-state index is 11.2. The highest BCUT2D eigenvalue weighted by atomic mass is 32.1. The lowest BCUT2D eigenvalue weighted by molar-refractivity contribution is 0.0962. The summed E-state index contributed by atoms with van der Waals surface area (Å²) >= 11 is 1.37. The van der Waals surface area contributed by atoms with Gasteiger partial charge in [-0.3, -0.25) is 4.79 Å². The second kappa shape index (κ2) is 2.47. The number of hydrogen-bond acceptors (Lipinski definition) is 3. The molecular weight excluding hydrogens is 160 g/mol. The van der Waals surface area contributed by atoms with Gasteiger partial charge in [-0.15, -0.1) is 11.3 Å². The van der Waals surface area contributed by atoms with Gasteiger partial charge in [-0.05, 0) is 6.08 Å². The second-order valence-corrected chi connectivity index (χ2v) is 3.03. The van der Waals surface area contributed by atoms with Crippen LogP contribution in [0.2, 0.25) is 0 Å². The minimum atomic E-state index is -0.0208. The van der Waals surface area contributed by atoms with E-state index in [1.807, 2.05) is 12.2 Å². The van der Waals surface area contributed by atoms with Gasteiger partial charge < -0.3 is 5.32 Å². The summed E-state index contributed by atoms with van der Waals surface area (Å²) in [6.45, 7) is 0.599. The molecule has 1 aromatic rings. The highest BCUT2D eigenvalue weighted by Gasteiger charge is 2.13. The largest absolute Gasteiger partial charge is 0.348 e. The molecule has 2 heterocycles. The van der Waals surface area contributed by atoms with Crippen molar-refractivity contribution in [3.8, 4) is 0 Å². The Labute approximate surface area is 67.8 Å². The molecule has 1 aromatic heterocycles. The number of nitrogens with one attached hydrogen (secondary N) is 1. The van der Waals surface area contributed by atoms with Crippen LogP contribution in [0.15, 0.2) is 11.6 Å². The van der Waals surface area contributed by atoms with Crippen LogP contribution in [0.4, 0.5) is 0 Å². The van der Waals surface area contributed by atoms with E-state index in [1.165, 1.54) is 11.3 Å². The Hall–Kier alpha value is -1.16. The summed E-state index contributed by atoms with van der Waals surface area (Å²) in [5.74, 6) is -0.0208. The van der Waals surface area contributed by atoms with Gasteiger partial charge in [0.1, 0.15) is 4.88 Å². The van der Waals surface area contributed by atoms with Crippen LogP contribution >= 0.6 is 11.3 Å². The molecule has 1 N–H and O–H groups in total. The Morgan fingerprint density at radius 1 is 1.64 bits per heavy atom. The first-order valence-electron chi connectivity index (χ1n) is 3.26. The van der Waals surface area contributed by atoms with Crippen molar-refractivity contribution in [3.05, 3.63) is 22.2 Å². The van der Waals surface area contributed by atoms with Crippen molar-refractivity contribution in [1.82, 2.24) is 10.3 Å². The molecule has 0 saturated carbocycles. The number of rotatable bonds is 0. The predicted molar refractivity (Wildman–Crippen MR) is 43.5 cm³/mol. The van der Waals surface area contributed by atoms with Crippen LogP contribution < -0.4 is 5.32 Å². The number of carbonyl (C=O) groups is 1. The Morgan fingerprint density at radius 2 is 2.55 bits per heavy atom. The van der Waals surface area contributed by atoms with E-state index in [0.29, 0.717) is 11.4 Å². The van der Waals surface area contributed by atoms with Gasteiger partial charge >= 0.3 is 0 Å². The zero-order valence-corrected chi connectivity index (χ0v) is 6.52. The Balaban J connectivity index is 2.53. The molecule has 0 saturated heterocycles. The maximum Gasteiger partial charge on any atom is 0.263 e. The third kappa shape index (κ3) is 1.05. The molecule has 3 nitrogen and oxygen atoms in total. The van der Waals surface area contributed by atoms with Gasteiger partial charge in [0.15, 0.2) is 0 Å². The van der Waals surface area contributed by atoms with Crippen molar-refractivity contribution < 1.29 is 4.79 Å². The van der Waals surface area contributed by atoms with Crippen molar-refractivity contribution in [2.75, 3.05) is 6.54 Å². The first-order chi connectivity index (χ1) is 5.38. The molecule has 0 fully saturated rings. The molecule has 1 amide bonds. The fourth-order valence-electron chi connectivity index (χ4n) is 0.946. The van der Waals surface area contributed by atoms with Crippen molar-refractivity contribution in [2.24, 2.45) is 0 Å². The van der Waals surface area contributed by atoms with Gasteiger partial charge in [-0.25, -0.2) is 4.98 Å². The molecular formula is C7H6N2OS. The fraction of sp³-hybridized carbons (Fsp3) is 0.143. The Bertz CT molecular complexity index is 316. The quantitative estimate of drug-likeness (QED) is 0.622. The van der Waals surface area contributed by atoms with Crippen molar-refractivity contribution in [2.45, 2.75) is 0 Å². The summed E-state index contributed by atoms with van der Waals surface area (Å²) < 4.78 is 0. The smallest absolute Gasteiger partial charge is 0.263 e. The third-order valence-corrected chi connectivity index (χ3v) is 2.30. The van der Waals surface area contributed by atoms with Crippen LogP contribution in [0, 0.1) is 0 Å². The van der Waals surface area contributed by atoms with Crippen LogP contribution in [0.5, 0.6) is 0 Å². The van der Waals surface area contributed by atoms with Crippen LogP contribution in [0.3, 0.4) is 0 Å². The molecule has 0 unspecified atom stereocenters. The number of fused-ring (bicyclic) bond motifs is 1. The molecule has 0 bridgehead atoms. The summed E-state index contributed by atoms with van der Waals surface area (Å²) in [6, 6.07) is 0. The van der Waals surface area contributed by atoms with Gasteiger partial charge in [0.05, 0.1) is 11.2 Å². The molecule has 0 atom stereocenters. The Morgan fingerprint density at radius 3 is 3.45 bits per heavy atom. The number of thiazole rings is 1. The van der Waals surface area contributed by atoms with Gasteiger partial charge in [-0.1, -0.05) is 6.08 Å². The highest BCUT2D eigenvalue weighted by Crippen LogP contribution is 2.15. The summed E-state index contributed by atoms with van der Waals surface area (Å²) in [6.07, 6.45) is 3.76. The van der Waals surface area contributed by atoms with Crippen molar-refractivity contribution >= 4 is 23.3 Å². The van der Waals surface area contributed by atoms with E-state index in [1.54, 1.807) is 5.51 Å². The van der Waals surface area contributed by atoms with Gasteiger partial charge in [0.25, 0.3) is 5.91 Å². The van der Waals surface area contributed by atoms with Crippen molar-refractivity contribution in [1.29, 1.82) is 0 Å². The van der Waals surface area contributed by atoms with Crippen LogP contribution in [0.25, 0.3) is 6.08 Å². The monoisotopic (exact) mass is 166 g/mol. The molecule has 0 spiro atoms. The van der Waals surface area contributed by atoms with Crippen LogP contribution in [-0.2, 0) is 0 Å². The lowest BCUT2D eigenvalue weighted by Crippen LogP contribution is -2.21. The molecule has 1 aliphatic heterocycles. The first kappa shape index (κ1) is 6.54. The number of amides is 1. The lowest BCUT2D eigenvalue weighted by atomic mass is 10.3. The minimum Gasteiger partial charge on any atom is -0.348 e.